The highest BCUT2D eigenvalue weighted by atomic mass is 32.2. The van der Waals surface area contributed by atoms with Gasteiger partial charge < -0.3 is 14.2 Å². The van der Waals surface area contributed by atoms with E-state index in [2.05, 4.69) is 20.1 Å². The third kappa shape index (κ3) is 4.27. The minimum Gasteiger partial charge on any atom is -0.467 e. The van der Waals surface area contributed by atoms with E-state index in [4.69, 9.17) is 8.83 Å². The van der Waals surface area contributed by atoms with Gasteiger partial charge in [-0.15, -0.1) is 10.2 Å². The van der Waals surface area contributed by atoms with Crippen molar-refractivity contribution >= 4 is 34.3 Å². The van der Waals surface area contributed by atoms with Crippen LogP contribution in [0.2, 0.25) is 0 Å². The maximum atomic E-state index is 12.1. The predicted molar refractivity (Wildman–Crippen MR) is 116 cm³/mol. The Hall–Kier alpha value is -3.33. The highest BCUT2D eigenvalue weighted by molar-refractivity contribution is 7.98. The van der Waals surface area contributed by atoms with Crippen LogP contribution in [-0.4, -0.2) is 20.7 Å². The molecule has 4 aromatic rings. The van der Waals surface area contributed by atoms with Gasteiger partial charge in [0.1, 0.15) is 17.2 Å². The summed E-state index contributed by atoms with van der Waals surface area (Å²) in [5, 5.41) is 13.1. The molecule has 1 N–H and O–H groups in total. The molecule has 1 aliphatic carbocycles. The molecule has 5 rings (SSSR count). The van der Waals surface area contributed by atoms with Gasteiger partial charge in [0.05, 0.1) is 12.8 Å². The van der Waals surface area contributed by atoms with Crippen LogP contribution in [0.3, 0.4) is 0 Å². The van der Waals surface area contributed by atoms with E-state index in [9.17, 15) is 9.59 Å². The first-order valence-corrected chi connectivity index (χ1v) is 11.0. The summed E-state index contributed by atoms with van der Waals surface area (Å²) in [4.78, 5) is 23.4. The molecule has 158 valence electrons. The van der Waals surface area contributed by atoms with Crippen molar-refractivity contribution in [3.8, 4) is 0 Å². The lowest BCUT2D eigenvalue weighted by Gasteiger charge is -2.10. The van der Waals surface area contributed by atoms with Crippen molar-refractivity contribution in [1.82, 2.24) is 14.8 Å². The van der Waals surface area contributed by atoms with Crippen molar-refractivity contribution in [2.75, 3.05) is 5.32 Å². The number of nitrogens with zero attached hydrogens (tertiary/aromatic N) is 3. The first-order chi connectivity index (χ1) is 15.1. The Morgan fingerprint density at radius 3 is 2.87 bits per heavy atom. The SMILES string of the molecule is CC(=O)Nc1ccc2c(CSc3nnc(C4CC4)n3Cc3ccco3)cc(=O)oc2c1. The van der Waals surface area contributed by atoms with Crippen molar-refractivity contribution in [2.45, 2.75) is 43.1 Å². The Morgan fingerprint density at radius 1 is 1.26 bits per heavy atom. The molecule has 0 radical (unpaired) electrons. The Balaban J connectivity index is 1.43. The number of amides is 1. The van der Waals surface area contributed by atoms with Crippen LogP contribution in [0.25, 0.3) is 11.0 Å². The van der Waals surface area contributed by atoms with Gasteiger partial charge in [-0.1, -0.05) is 11.8 Å². The van der Waals surface area contributed by atoms with Gasteiger partial charge in [0.15, 0.2) is 5.16 Å². The molecule has 31 heavy (non-hydrogen) atoms. The van der Waals surface area contributed by atoms with Crippen molar-refractivity contribution in [3.63, 3.8) is 0 Å². The van der Waals surface area contributed by atoms with E-state index in [1.165, 1.54) is 24.8 Å². The van der Waals surface area contributed by atoms with Gasteiger partial charge in [0, 0.05) is 41.8 Å². The standard InChI is InChI=1S/C22H20N4O4S/c1-13(27)23-16-6-7-18-15(9-20(28)30-19(18)10-16)12-31-22-25-24-21(14-4-5-14)26(22)11-17-3-2-8-29-17/h2-3,6-10,14H,4-5,11-12H2,1H3,(H,23,27). The number of fused-ring (bicyclic) bond motifs is 1. The van der Waals surface area contributed by atoms with Crippen LogP contribution < -0.4 is 10.9 Å². The molecule has 1 aliphatic rings. The molecule has 0 saturated heterocycles. The Labute approximate surface area is 181 Å². The second-order valence-electron chi connectivity index (χ2n) is 7.55. The lowest BCUT2D eigenvalue weighted by molar-refractivity contribution is -0.114. The number of anilines is 1. The Kier molecular flexibility index (Phi) is 5.11. The smallest absolute Gasteiger partial charge is 0.336 e. The number of hydrogen-bond donors (Lipinski definition) is 1. The van der Waals surface area contributed by atoms with Gasteiger partial charge in [-0.05, 0) is 42.7 Å². The number of rotatable bonds is 7. The molecule has 8 nitrogen and oxygen atoms in total. The summed E-state index contributed by atoms with van der Waals surface area (Å²) in [7, 11) is 0. The minimum atomic E-state index is -0.432. The van der Waals surface area contributed by atoms with Crippen LogP contribution in [0.4, 0.5) is 5.69 Å². The summed E-state index contributed by atoms with van der Waals surface area (Å²) >= 11 is 1.52. The number of benzene rings is 1. The van der Waals surface area contributed by atoms with Crippen molar-refractivity contribution in [1.29, 1.82) is 0 Å². The Bertz CT molecular complexity index is 1310. The van der Waals surface area contributed by atoms with Crippen LogP contribution in [0.15, 0.2) is 61.4 Å². The van der Waals surface area contributed by atoms with Crippen LogP contribution in [0.5, 0.6) is 0 Å². The number of carbonyl (C=O) groups excluding carboxylic acids is 1. The van der Waals surface area contributed by atoms with Crippen molar-refractivity contribution in [2.24, 2.45) is 0 Å². The molecule has 0 unspecified atom stereocenters. The molecule has 1 amide bonds. The molecule has 9 heteroatoms. The minimum absolute atomic E-state index is 0.184. The molecule has 0 aliphatic heterocycles. The van der Waals surface area contributed by atoms with Gasteiger partial charge in [0.25, 0.3) is 0 Å². The fourth-order valence-corrected chi connectivity index (χ4v) is 4.47. The summed E-state index contributed by atoms with van der Waals surface area (Å²) in [5.41, 5.74) is 1.43. The average Bonchev–Trinajstić information content (AvgIpc) is 3.29. The third-order valence-electron chi connectivity index (χ3n) is 5.09. The van der Waals surface area contributed by atoms with Crippen molar-refractivity contribution < 1.29 is 13.6 Å². The lowest BCUT2D eigenvalue weighted by atomic mass is 10.1. The normalized spacial score (nSPS) is 13.6. The molecular weight excluding hydrogens is 416 g/mol. The second-order valence-corrected chi connectivity index (χ2v) is 8.49. The maximum absolute atomic E-state index is 12.1. The van der Waals surface area contributed by atoms with E-state index < -0.39 is 5.63 Å². The topological polar surface area (TPSA) is 103 Å². The largest absolute Gasteiger partial charge is 0.467 e. The average molecular weight is 436 g/mol. The van der Waals surface area contributed by atoms with E-state index >= 15 is 0 Å². The summed E-state index contributed by atoms with van der Waals surface area (Å²) in [5.74, 6) is 2.63. The molecule has 0 atom stereocenters. The third-order valence-corrected chi connectivity index (χ3v) is 6.10. The van der Waals surface area contributed by atoms with Gasteiger partial charge in [-0.3, -0.25) is 9.36 Å². The monoisotopic (exact) mass is 436 g/mol. The summed E-state index contributed by atoms with van der Waals surface area (Å²) in [6.07, 6.45) is 3.91. The number of thioether (sulfide) groups is 1. The second kappa shape index (κ2) is 8.07. The zero-order valence-corrected chi connectivity index (χ0v) is 17.6. The fourth-order valence-electron chi connectivity index (χ4n) is 3.53. The van der Waals surface area contributed by atoms with E-state index in [-0.39, 0.29) is 5.91 Å². The number of hydrogen-bond acceptors (Lipinski definition) is 7. The Morgan fingerprint density at radius 2 is 2.13 bits per heavy atom. The molecule has 1 aromatic carbocycles. The van der Waals surface area contributed by atoms with Gasteiger partial charge in [0.2, 0.25) is 5.91 Å². The summed E-state index contributed by atoms with van der Waals surface area (Å²) < 4.78 is 13.0. The first-order valence-electron chi connectivity index (χ1n) is 9.99. The van der Waals surface area contributed by atoms with Crippen LogP contribution in [0.1, 0.15) is 42.8 Å². The van der Waals surface area contributed by atoms with Gasteiger partial charge in [-0.25, -0.2) is 4.79 Å². The van der Waals surface area contributed by atoms with E-state index in [0.717, 1.165) is 40.5 Å². The number of nitrogens with one attached hydrogen (secondary N) is 1. The van der Waals surface area contributed by atoms with E-state index in [0.29, 0.717) is 29.5 Å². The molecule has 0 bridgehead atoms. The number of furan rings is 1. The number of carbonyl (C=O) groups is 1. The highest BCUT2D eigenvalue weighted by Gasteiger charge is 2.30. The molecule has 1 fully saturated rings. The fraction of sp³-hybridized carbons (Fsp3) is 0.273. The van der Waals surface area contributed by atoms with Gasteiger partial charge >= 0.3 is 5.63 Å². The molecule has 1 saturated carbocycles. The lowest BCUT2D eigenvalue weighted by Crippen LogP contribution is -2.07. The molecule has 3 heterocycles. The zero-order valence-electron chi connectivity index (χ0n) is 16.8. The predicted octanol–water partition coefficient (Wildman–Crippen LogP) is 4.15. The van der Waals surface area contributed by atoms with Crippen LogP contribution in [-0.2, 0) is 17.1 Å². The quantitative estimate of drug-likeness (QED) is 0.343. The molecular formula is C22H20N4O4S. The van der Waals surface area contributed by atoms with Crippen molar-refractivity contribution in [3.05, 3.63) is 70.2 Å². The highest BCUT2D eigenvalue weighted by Crippen LogP contribution is 2.40. The van der Waals surface area contributed by atoms with E-state index in [1.54, 1.807) is 18.4 Å². The number of aromatic nitrogens is 3. The van der Waals surface area contributed by atoms with Crippen LogP contribution in [0, 0.1) is 0 Å². The maximum Gasteiger partial charge on any atom is 0.336 e. The summed E-state index contributed by atoms with van der Waals surface area (Å²) in [6.45, 7) is 2.01. The van der Waals surface area contributed by atoms with E-state index in [1.807, 2.05) is 18.2 Å². The van der Waals surface area contributed by atoms with Gasteiger partial charge in [-0.2, -0.15) is 0 Å². The summed E-state index contributed by atoms with van der Waals surface area (Å²) in [6, 6.07) is 10.6. The molecule has 3 aromatic heterocycles. The zero-order chi connectivity index (χ0) is 21.4. The first kappa shape index (κ1) is 19.6. The molecule has 0 spiro atoms. The van der Waals surface area contributed by atoms with Crippen LogP contribution >= 0.6 is 11.8 Å².